The fraction of sp³-hybridized carbons (Fsp3) is 0.278. The van der Waals surface area contributed by atoms with Crippen LogP contribution in [-0.4, -0.2) is 48.3 Å². The normalized spacial score (nSPS) is 14.2. The average molecular weight is 371 g/mol. The van der Waals surface area contributed by atoms with Gasteiger partial charge in [0, 0.05) is 13.1 Å². The Labute approximate surface area is 154 Å². The molecule has 1 aliphatic heterocycles. The topological polar surface area (TPSA) is 77.7 Å². The van der Waals surface area contributed by atoms with Crippen molar-refractivity contribution >= 4 is 17.2 Å². The molecule has 134 valence electrons. The number of rotatable bonds is 5. The van der Waals surface area contributed by atoms with Crippen LogP contribution in [-0.2, 0) is 0 Å². The van der Waals surface area contributed by atoms with Crippen LogP contribution in [0.15, 0.2) is 40.2 Å². The zero-order chi connectivity index (χ0) is 18.1. The Morgan fingerprint density at radius 2 is 2.08 bits per heavy atom. The zero-order valence-corrected chi connectivity index (χ0v) is 15.2. The van der Waals surface area contributed by atoms with E-state index in [1.807, 2.05) is 17.5 Å². The second-order valence-electron chi connectivity index (χ2n) is 5.88. The molecule has 3 aromatic rings. The first kappa shape index (κ1) is 16.6. The third-order valence-electron chi connectivity index (χ3n) is 4.33. The van der Waals surface area contributed by atoms with Crippen LogP contribution in [0.4, 0.5) is 0 Å². The van der Waals surface area contributed by atoms with E-state index in [4.69, 9.17) is 14.0 Å². The van der Waals surface area contributed by atoms with Crippen LogP contribution in [0.1, 0.15) is 22.2 Å². The van der Waals surface area contributed by atoms with Crippen LogP contribution in [0.3, 0.4) is 0 Å². The Bertz CT molecular complexity index is 916. The fourth-order valence-corrected chi connectivity index (χ4v) is 3.58. The molecule has 2 aromatic heterocycles. The third-order valence-corrected chi connectivity index (χ3v) is 5.20. The number of ether oxygens (including phenoxy) is 2. The smallest absolute Gasteiger partial charge is 0.257 e. The molecule has 0 spiro atoms. The molecule has 1 fully saturated rings. The predicted octanol–water partition coefficient (Wildman–Crippen LogP) is 3.05. The Morgan fingerprint density at radius 1 is 1.23 bits per heavy atom. The number of thiophene rings is 1. The lowest BCUT2D eigenvalue weighted by atomic mass is 9.98. The Hall–Kier alpha value is -2.87. The van der Waals surface area contributed by atoms with Crippen molar-refractivity contribution < 1.29 is 18.8 Å². The fourth-order valence-electron chi connectivity index (χ4n) is 2.93. The number of amides is 1. The van der Waals surface area contributed by atoms with Gasteiger partial charge in [0.15, 0.2) is 11.5 Å². The van der Waals surface area contributed by atoms with Crippen molar-refractivity contribution in [2.45, 2.75) is 5.92 Å². The van der Waals surface area contributed by atoms with Crippen molar-refractivity contribution in [1.29, 1.82) is 0 Å². The maximum atomic E-state index is 12.8. The summed E-state index contributed by atoms with van der Waals surface area (Å²) in [5.74, 6) is 2.09. The van der Waals surface area contributed by atoms with Gasteiger partial charge < -0.3 is 18.9 Å². The first-order valence-corrected chi connectivity index (χ1v) is 8.97. The summed E-state index contributed by atoms with van der Waals surface area (Å²) >= 11 is 1.56. The van der Waals surface area contributed by atoms with Crippen molar-refractivity contribution in [2.75, 3.05) is 27.3 Å². The molecule has 4 rings (SSSR count). The molecule has 0 radical (unpaired) electrons. The van der Waals surface area contributed by atoms with Gasteiger partial charge in [-0.2, -0.15) is 4.98 Å². The van der Waals surface area contributed by atoms with Gasteiger partial charge in [0.1, 0.15) is 0 Å². The first-order chi connectivity index (χ1) is 12.7. The predicted molar refractivity (Wildman–Crippen MR) is 95.8 cm³/mol. The molecule has 0 atom stereocenters. The number of carbonyl (C=O) groups excluding carboxylic acids is 1. The molecule has 26 heavy (non-hydrogen) atoms. The molecule has 0 aliphatic carbocycles. The van der Waals surface area contributed by atoms with Crippen molar-refractivity contribution in [3.05, 3.63) is 47.2 Å². The summed E-state index contributed by atoms with van der Waals surface area (Å²) in [5, 5.41) is 5.99. The minimum atomic E-state index is -0.102. The molecule has 1 aromatic carbocycles. The summed E-state index contributed by atoms with van der Waals surface area (Å²) in [6.07, 6.45) is 0. The number of aromatic nitrogens is 2. The van der Waals surface area contributed by atoms with Gasteiger partial charge in [-0.1, -0.05) is 17.3 Å². The van der Waals surface area contributed by atoms with E-state index in [9.17, 15) is 4.79 Å². The molecule has 0 N–H and O–H groups in total. The van der Waals surface area contributed by atoms with Gasteiger partial charge in [-0.15, -0.1) is 11.3 Å². The molecule has 1 aliphatic rings. The lowest BCUT2D eigenvalue weighted by Gasteiger charge is -2.37. The second-order valence-corrected chi connectivity index (χ2v) is 6.83. The highest BCUT2D eigenvalue weighted by Gasteiger charge is 2.37. The first-order valence-electron chi connectivity index (χ1n) is 8.09. The number of benzene rings is 1. The molecule has 7 nitrogen and oxygen atoms in total. The van der Waals surface area contributed by atoms with Crippen LogP contribution < -0.4 is 9.47 Å². The number of nitrogens with zero attached hydrogens (tertiary/aromatic N) is 3. The summed E-state index contributed by atoms with van der Waals surface area (Å²) in [4.78, 5) is 19.9. The van der Waals surface area contributed by atoms with Gasteiger partial charge in [0.2, 0.25) is 11.7 Å². The van der Waals surface area contributed by atoms with Crippen LogP contribution >= 0.6 is 11.3 Å². The van der Waals surface area contributed by atoms with Gasteiger partial charge in [0.05, 0.1) is 30.6 Å². The van der Waals surface area contributed by atoms with Crippen molar-refractivity contribution in [3.8, 4) is 22.2 Å². The van der Waals surface area contributed by atoms with Gasteiger partial charge in [-0.3, -0.25) is 4.79 Å². The molecule has 1 amide bonds. The monoisotopic (exact) mass is 371 g/mol. The maximum absolute atomic E-state index is 12.8. The summed E-state index contributed by atoms with van der Waals surface area (Å²) in [6.45, 7) is 1.07. The number of methoxy groups -OCH3 is 2. The third kappa shape index (κ3) is 2.82. The highest BCUT2D eigenvalue weighted by molar-refractivity contribution is 7.13. The minimum Gasteiger partial charge on any atom is -0.493 e. The maximum Gasteiger partial charge on any atom is 0.257 e. The number of para-hydroxylation sites is 1. The van der Waals surface area contributed by atoms with E-state index in [1.54, 1.807) is 41.5 Å². The largest absolute Gasteiger partial charge is 0.493 e. The molecule has 0 unspecified atom stereocenters. The van der Waals surface area contributed by atoms with Crippen LogP contribution in [0.25, 0.3) is 10.7 Å². The summed E-state index contributed by atoms with van der Waals surface area (Å²) < 4.78 is 16.0. The van der Waals surface area contributed by atoms with E-state index in [1.165, 1.54) is 7.11 Å². The number of hydrogen-bond acceptors (Lipinski definition) is 7. The van der Waals surface area contributed by atoms with Crippen LogP contribution in [0.5, 0.6) is 11.5 Å². The minimum absolute atomic E-state index is 0.0526. The van der Waals surface area contributed by atoms with E-state index in [0.29, 0.717) is 41.9 Å². The van der Waals surface area contributed by atoms with E-state index in [-0.39, 0.29) is 11.8 Å². The van der Waals surface area contributed by atoms with Crippen molar-refractivity contribution in [1.82, 2.24) is 15.0 Å². The van der Waals surface area contributed by atoms with Crippen molar-refractivity contribution in [3.63, 3.8) is 0 Å². The highest BCUT2D eigenvalue weighted by atomic mass is 32.1. The molecule has 3 heterocycles. The molecule has 1 saturated heterocycles. The number of carbonyl (C=O) groups is 1. The van der Waals surface area contributed by atoms with Crippen LogP contribution in [0, 0.1) is 0 Å². The lowest BCUT2D eigenvalue weighted by molar-refractivity contribution is 0.0565. The molecule has 0 saturated carbocycles. The molecular weight excluding hydrogens is 354 g/mol. The molecule has 8 heteroatoms. The Morgan fingerprint density at radius 3 is 2.77 bits per heavy atom. The summed E-state index contributed by atoms with van der Waals surface area (Å²) in [7, 11) is 3.07. The summed E-state index contributed by atoms with van der Waals surface area (Å²) in [5.41, 5.74) is 0.482. The SMILES string of the molecule is COc1cccc(C(=O)N2CC(c3nc(-c4cccs4)no3)C2)c1OC. The van der Waals surface area contributed by atoms with Gasteiger partial charge in [0.25, 0.3) is 5.91 Å². The van der Waals surface area contributed by atoms with E-state index in [2.05, 4.69) is 10.1 Å². The van der Waals surface area contributed by atoms with Crippen LogP contribution in [0.2, 0.25) is 0 Å². The highest BCUT2D eigenvalue weighted by Crippen LogP contribution is 2.35. The lowest BCUT2D eigenvalue weighted by Crippen LogP contribution is -2.48. The van der Waals surface area contributed by atoms with Gasteiger partial charge in [-0.25, -0.2) is 0 Å². The van der Waals surface area contributed by atoms with E-state index >= 15 is 0 Å². The average Bonchev–Trinajstić information content (AvgIpc) is 3.31. The zero-order valence-electron chi connectivity index (χ0n) is 14.3. The van der Waals surface area contributed by atoms with E-state index < -0.39 is 0 Å². The number of hydrogen-bond donors (Lipinski definition) is 0. The molecule has 0 bridgehead atoms. The Kier molecular flexibility index (Phi) is 4.34. The van der Waals surface area contributed by atoms with Gasteiger partial charge in [-0.05, 0) is 23.6 Å². The standard InChI is InChI=1S/C18H17N3O4S/c1-23-13-6-3-5-12(15(13)24-2)18(22)21-9-11(10-21)17-19-16(20-25-17)14-7-4-8-26-14/h3-8,11H,9-10H2,1-2H3. The Balaban J connectivity index is 1.46. The van der Waals surface area contributed by atoms with E-state index in [0.717, 1.165) is 4.88 Å². The van der Waals surface area contributed by atoms with Gasteiger partial charge >= 0.3 is 0 Å². The summed E-state index contributed by atoms with van der Waals surface area (Å²) in [6, 6.07) is 9.17. The second kappa shape index (κ2) is 6.80. The quantitative estimate of drug-likeness (QED) is 0.686. The number of likely N-dealkylation sites (tertiary alicyclic amines) is 1. The molecular formula is C18H17N3O4S. The van der Waals surface area contributed by atoms with Crippen molar-refractivity contribution in [2.24, 2.45) is 0 Å².